The van der Waals surface area contributed by atoms with E-state index in [4.69, 9.17) is 0 Å². The molecule has 35 heavy (non-hydrogen) atoms. The Morgan fingerprint density at radius 2 is 1.54 bits per heavy atom. The minimum Gasteiger partial charge on any atom is -0.333 e. The summed E-state index contributed by atoms with van der Waals surface area (Å²) in [7, 11) is 0. The van der Waals surface area contributed by atoms with Gasteiger partial charge in [-0.25, -0.2) is 9.18 Å². The maximum atomic E-state index is 13.4. The van der Waals surface area contributed by atoms with Gasteiger partial charge in [-0.15, -0.1) is 0 Å². The van der Waals surface area contributed by atoms with Crippen molar-refractivity contribution in [2.24, 2.45) is 0 Å². The smallest absolute Gasteiger partial charge is 0.321 e. The van der Waals surface area contributed by atoms with E-state index in [1.807, 2.05) is 71.3 Å². The Morgan fingerprint density at radius 3 is 2.20 bits per heavy atom. The van der Waals surface area contributed by atoms with Gasteiger partial charge < -0.3 is 15.1 Å². The van der Waals surface area contributed by atoms with Crippen molar-refractivity contribution >= 4 is 17.6 Å². The molecule has 1 aliphatic rings. The van der Waals surface area contributed by atoms with Crippen LogP contribution in [0.5, 0.6) is 0 Å². The van der Waals surface area contributed by atoms with Crippen LogP contribution in [0.4, 0.5) is 14.9 Å². The molecule has 3 amide bonds. The van der Waals surface area contributed by atoms with Crippen molar-refractivity contribution in [3.05, 3.63) is 101 Å². The van der Waals surface area contributed by atoms with Crippen molar-refractivity contribution < 1.29 is 14.0 Å². The summed E-state index contributed by atoms with van der Waals surface area (Å²) >= 11 is 0. The summed E-state index contributed by atoms with van der Waals surface area (Å²) in [6.07, 6.45) is 0. The molecule has 182 valence electrons. The van der Waals surface area contributed by atoms with Crippen LogP contribution in [0.3, 0.4) is 0 Å². The van der Waals surface area contributed by atoms with Crippen LogP contribution >= 0.6 is 0 Å². The molecule has 0 aromatic heterocycles. The van der Waals surface area contributed by atoms with Gasteiger partial charge in [-0.3, -0.25) is 9.69 Å². The number of benzene rings is 3. The Hall–Kier alpha value is -3.71. The molecule has 1 aliphatic heterocycles. The lowest BCUT2D eigenvalue weighted by Crippen LogP contribution is -2.51. The van der Waals surface area contributed by atoms with E-state index in [9.17, 15) is 14.0 Å². The molecule has 7 heteroatoms. The van der Waals surface area contributed by atoms with Crippen molar-refractivity contribution in [1.82, 2.24) is 14.7 Å². The topological polar surface area (TPSA) is 55.9 Å². The van der Waals surface area contributed by atoms with E-state index < -0.39 is 0 Å². The molecule has 3 aromatic rings. The van der Waals surface area contributed by atoms with Crippen LogP contribution in [0.25, 0.3) is 0 Å². The molecule has 6 nitrogen and oxygen atoms in total. The maximum Gasteiger partial charge on any atom is 0.321 e. The quantitative estimate of drug-likeness (QED) is 0.543. The number of carbonyl (C=O) groups excluding carboxylic acids is 2. The molecule has 4 rings (SSSR count). The summed E-state index contributed by atoms with van der Waals surface area (Å²) in [5.74, 6) is -0.338. The summed E-state index contributed by atoms with van der Waals surface area (Å²) in [5.41, 5.74) is 3.40. The number of urea groups is 1. The SMILES string of the molecule is Cc1ccc(C(=O)N(CCN2CCN(C(=O)Nc3ccccc3)CC2)Cc2ccc(F)cc2)cc1. The van der Waals surface area contributed by atoms with E-state index in [1.54, 1.807) is 12.1 Å². The molecule has 1 N–H and O–H groups in total. The Labute approximate surface area is 206 Å². The number of amides is 3. The first-order chi connectivity index (χ1) is 17.0. The number of para-hydroxylation sites is 1. The fourth-order valence-electron chi connectivity index (χ4n) is 4.10. The molecule has 0 radical (unpaired) electrons. The van der Waals surface area contributed by atoms with Gasteiger partial charge in [0.15, 0.2) is 0 Å². The first-order valence-electron chi connectivity index (χ1n) is 11.9. The van der Waals surface area contributed by atoms with E-state index >= 15 is 0 Å². The van der Waals surface area contributed by atoms with Crippen molar-refractivity contribution in [3.63, 3.8) is 0 Å². The number of carbonyl (C=O) groups is 2. The summed E-state index contributed by atoms with van der Waals surface area (Å²) in [5, 5.41) is 2.93. The predicted octanol–water partition coefficient (Wildman–Crippen LogP) is 4.63. The highest BCUT2D eigenvalue weighted by Gasteiger charge is 2.23. The molecule has 0 aliphatic carbocycles. The predicted molar refractivity (Wildman–Crippen MR) is 136 cm³/mol. The molecule has 0 bridgehead atoms. The number of halogens is 1. The van der Waals surface area contributed by atoms with Crippen LogP contribution < -0.4 is 5.32 Å². The van der Waals surface area contributed by atoms with Crippen molar-refractivity contribution in [2.75, 3.05) is 44.6 Å². The summed E-state index contributed by atoms with van der Waals surface area (Å²) in [6, 6.07) is 23.2. The lowest BCUT2D eigenvalue weighted by molar-refractivity contribution is 0.0704. The molecule has 0 atom stereocenters. The average Bonchev–Trinajstić information content (AvgIpc) is 2.88. The normalized spacial score (nSPS) is 13.9. The molecule has 1 heterocycles. The third kappa shape index (κ3) is 6.90. The lowest BCUT2D eigenvalue weighted by Gasteiger charge is -2.36. The molecule has 0 spiro atoms. The van der Waals surface area contributed by atoms with Gasteiger partial charge in [0.05, 0.1) is 0 Å². The van der Waals surface area contributed by atoms with Gasteiger partial charge in [0.1, 0.15) is 5.82 Å². The monoisotopic (exact) mass is 474 g/mol. The van der Waals surface area contributed by atoms with Crippen molar-refractivity contribution in [3.8, 4) is 0 Å². The zero-order valence-electron chi connectivity index (χ0n) is 20.0. The molecule has 1 saturated heterocycles. The van der Waals surface area contributed by atoms with Gasteiger partial charge >= 0.3 is 6.03 Å². The highest BCUT2D eigenvalue weighted by molar-refractivity contribution is 5.94. The Bertz CT molecular complexity index is 1110. The third-order valence-corrected chi connectivity index (χ3v) is 6.24. The van der Waals surface area contributed by atoms with E-state index in [2.05, 4.69) is 10.2 Å². The number of rotatable bonds is 7. The summed E-state index contributed by atoms with van der Waals surface area (Å²) < 4.78 is 13.4. The van der Waals surface area contributed by atoms with Gasteiger partial charge in [-0.05, 0) is 48.9 Å². The van der Waals surface area contributed by atoms with Gasteiger partial charge in [0.2, 0.25) is 0 Å². The number of hydrogen-bond acceptors (Lipinski definition) is 3. The van der Waals surface area contributed by atoms with Crippen molar-refractivity contribution in [2.45, 2.75) is 13.5 Å². The second kappa shape index (κ2) is 11.6. The minimum atomic E-state index is -0.292. The van der Waals surface area contributed by atoms with Crippen LogP contribution in [0, 0.1) is 12.7 Å². The highest BCUT2D eigenvalue weighted by atomic mass is 19.1. The number of aryl methyl sites for hydroxylation is 1. The van der Waals surface area contributed by atoms with E-state index in [0.717, 1.165) is 29.9 Å². The minimum absolute atomic E-state index is 0.0461. The summed E-state index contributed by atoms with van der Waals surface area (Å²) in [4.78, 5) is 31.7. The van der Waals surface area contributed by atoms with Gasteiger partial charge in [-0.2, -0.15) is 0 Å². The van der Waals surface area contributed by atoms with E-state index in [0.29, 0.717) is 38.3 Å². The van der Waals surface area contributed by atoms with Gasteiger partial charge in [-0.1, -0.05) is 48.0 Å². The van der Waals surface area contributed by atoms with Crippen LogP contribution in [0.1, 0.15) is 21.5 Å². The Morgan fingerprint density at radius 1 is 0.886 bits per heavy atom. The number of nitrogens with one attached hydrogen (secondary N) is 1. The van der Waals surface area contributed by atoms with Crippen LogP contribution in [0.15, 0.2) is 78.9 Å². The fourth-order valence-corrected chi connectivity index (χ4v) is 4.10. The molecule has 3 aromatic carbocycles. The van der Waals surface area contributed by atoms with Gasteiger partial charge in [0, 0.05) is 57.1 Å². The summed E-state index contributed by atoms with van der Waals surface area (Å²) in [6.45, 7) is 6.38. The Balaban J connectivity index is 1.34. The standard InChI is InChI=1S/C28H31FN4O2/c1-22-7-11-24(12-8-22)27(34)33(21-23-9-13-25(29)14-10-23)20-17-31-15-18-32(19-16-31)28(35)30-26-5-3-2-4-6-26/h2-14H,15-21H2,1H3,(H,30,35). The van der Waals surface area contributed by atoms with Crippen LogP contribution in [-0.2, 0) is 6.54 Å². The van der Waals surface area contributed by atoms with Crippen LogP contribution in [-0.4, -0.2) is 65.9 Å². The lowest BCUT2D eigenvalue weighted by atomic mass is 10.1. The highest BCUT2D eigenvalue weighted by Crippen LogP contribution is 2.14. The Kier molecular flexibility index (Phi) is 8.11. The first-order valence-corrected chi connectivity index (χ1v) is 11.9. The van der Waals surface area contributed by atoms with Crippen LogP contribution in [0.2, 0.25) is 0 Å². The maximum absolute atomic E-state index is 13.4. The fraction of sp³-hybridized carbons (Fsp3) is 0.286. The molecule has 1 fully saturated rings. The number of anilines is 1. The van der Waals surface area contributed by atoms with E-state index in [1.165, 1.54) is 12.1 Å². The average molecular weight is 475 g/mol. The second-order valence-corrected chi connectivity index (χ2v) is 8.84. The first kappa shape index (κ1) is 24.4. The molecule has 0 unspecified atom stereocenters. The zero-order valence-corrected chi connectivity index (χ0v) is 20.0. The second-order valence-electron chi connectivity index (χ2n) is 8.84. The van der Waals surface area contributed by atoms with E-state index in [-0.39, 0.29) is 17.8 Å². The third-order valence-electron chi connectivity index (χ3n) is 6.24. The van der Waals surface area contributed by atoms with Gasteiger partial charge in [0.25, 0.3) is 5.91 Å². The van der Waals surface area contributed by atoms with Crippen molar-refractivity contribution in [1.29, 1.82) is 0 Å². The number of hydrogen-bond donors (Lipinski definition) is 1. The molecular formula is C28H31FN4O2. The largest absolute Gasteiger partial charge is 0.333 e. The molecular weight excluding hydrogens is 443 g/mol. The number of nitrogens with zero attached hydrogens (tertiary/aromatic N) is 3. The zero-order chi connectivity index (χ0) is 24.6. The number of piperazine rings is 1. The molecule has 0 saturated carbocycles.